The lowest BCUT2D eigenvalue weighted by atomic mass is 10.0. The van der Waals surface area contributed by atoms with Crippen LogP contribution in [-0.2, 0) is 9.59 Å². The molecule has 3 atom stereocenters. The maximum Gasteiger partial charge on any atom is 0.223 e. The molecule has 0 aromatic carbocycles. The summed E-state index contributed by atoms with van der Waals surface area (Å²) in [6, 6.07) is -0.0469. The predicted molar refractivity (Wildman–Crippen MR) is 66.0 cm³/mol. The van der Waals surface area contributed by atoms with E-state index in [9.17, 15) is 9.59 Å². The number of carbonyl (C=O) groups excluding carboxylic acids is 2. The second-order valence-corrected chi connectivity index (χ2v) is 5.32. The van der Waals surface area contributed by atoms with Crippen molar-refractivity contribution in [3.05, 3.63) is 0 Å². The number of primary amides is 1. The van der Waals surface area contributed by atoms with Gasteiger partial charge in [-0.25, -0.2) is 0 Å². The van der Waals surface area contributed by atoms with Gasteiger partial charge in [-0.05, 0) is 19.1 Å². The van der Waals surface area contributed by atoms with Gasteiger partial charge in [0.2, 0.25) is 11.8 Å². The number of rotatable bonds is 5. The van der Waals surface area contributed by atoms with Crippen LogP contribution in [0.1, 0.15) is 26.2 Å². The van der Waals surface area contributed by atoms with Crippen LogP contribution in [0.2, 0.25) is 0 Å². The number of carbonyl (C=O) groups is 2. The first kappa shape index (κ1) is 13.4. The summed E-state index contributed by atoms with van der Waals surface area (Å²) >= 11 is 1.65. The molecule has 0 aromatic rings. The van der Waals surface area contributed by atoms with Crippen LogP contribution in [0.4, 0.5) is 0 Å². The fraction of sp³-hybridized carbons (Fsp3) is 0.818. The Balaban J connectivity index is 2.47. The van der Waals surface area contributed by atoms with Crippen LogP contribution in [0.3, 0.4) is 0 Å². The van der Waals surface area contributed by atoms with Gasteiger partial charge in [-0.3, -0.25) is 9.59 Å². The molecule has 92 valence electrons. The number of hydrogen-bond acceptors (Lipinski definition) is 3. The third-order valence-electron chi connectivity index (χ3n) is 3.07. The Bertz CT molecular complexity index is 271. The Morgan fingerprint density at radius 3 is 2.75 bits per heavy atom. The maximum absolute atomic E-state index is 11.8. The molecule has 4 nitrogen and oxygen atoms in total. The summed E-state index contributed by atoms with van der Waals surface area (Å²) in [7, 11) is 0. The second-order valence-electron chi connectivity index (χ2n) is 4.41. The molecule has 0 saturated heterocycles. The Kier molecular flexibility index (Phi) is 5.12. The van der Waals surface area contributed by atoms with Crippen LogP contribution in [0.25, 0.3) is 0 Å². The Hall–Kier alpha value is -0.710. The van der Waals surface area contributed by atoms with E-state index in [0.29, 0.717) is 0 Å². The largest absolute Gasteiger partial charge is 0.369 e. The van der Waals surface area contributed by atoms with E-state index in [-0.39, 0.29) is 29.7 Å². The number of thioether (sulfide) groups is 1. The molecule has 0 radical (unpaired) electrons. The molecule has 2 amide bonds. The van der Waals surface area contributed by atoms with Gasteiger partial charge in [-0.2, -0.15) is 11.8 Å². The zero-order valence-corrected chi connectivity index (χ0v) is 10.7. The Labute approximate surface area is 101 Å². The van der Waals surface area contributed by atoms with Gasteiger partial charge in [0, 0.05) is 17.7 Å². The lowest BCUT2D eigenvalue weighted by Gasteiger charge is -2.20. The average molecular weight is 244 g/mol. The summed E-state index contributed by atoms with van der Waals surface area (Å²) in [5.74, 6) is 0.363. The maximum atomic E-state index is 11.8. The molecular weight excluding hydrogens is 224 g/mol. The standard InChI is InChI=1S/C11H20N2O2S/c1-7(6-16-2)11(15)13-9-5-3-4-8(9)10(12)14/h7-9H,3-6H2,1-2H3,(H2,12,14)(H,13,15)/t7-,8-,9-/m0/s1. The van der Waals surface area contributed by atoms with Crippen molar-refractivity contribution < 1.29 is 9.59 Å². The quantitative estimate of drug-likeness (QED) is 0.750. The lowest BCUT2D eigenvalue weighted by Crippen LogP contribution is -2.44. The van der Waals surface area contributed by atoms with Gasteiger partial charge in [-0.1, -0.05) is 13.3 Å². The Morgan fingerprint density at radius 1 is 1.50 bits per heavy atom. The number of amides is 2. The molecule has 0 spiro atoms. The normalized spacial score (nSPS) is 26.4. The molecule has 0 aliphatic heterocycles. The molecule has 16 heavy (non-hydrogen) atoms. The van der Waals surface area contributed by atoms with Gasteiger partial charge in [0.1, 0.15) is 0 Å². The molecule has 0 unspecified atom stereocenters. The molecule has 1 aliphatic carbocycles. The molecule has 0 heterocycles. The summed E-state index contributed by atoms with van der Waals surface area (Å²) in [6.07, 6.45) is 4.61. The zero-order valence-electron chi connectivity index (χ0n) is 9.86. The molecule has 1 aliphatic rings. The summed E-state index contributed by atoms with van der Waals surface area (Å²) in [4.78, 5) is 22.9. The fourth-order valence-corrected chi connectivity index (χ4v) is 2.78. The van der Waals surface area contributed by atoms with Gasteiger partial charge in [0.15, 0.2) is 0 Å². The van der Waals surface area contributed by atoms with Crippen LogP contribution < -0.4 is 11.1 Å². The first-order valence-corrected chi connectivity index (χ1v) is 7.04. The summed E-state index contributed by atoms with van der Waals surface area (Å²) in [6.45, 7) is 1.90. The molecular formula is C11H20N2O2S. The summed E-state index contributed by atoms with van der Waals surface area (Å²) in [5, 5.41) is 2.94. The van der Waals surface area contributed by atoms with Crippen molar-refractivity contribution in [1.29, 1.82) is 0 Å². The van der Waals surface area contributed by atoms with Crippen molar-refractivity contribution in [2.75, 3.05) is 12.0 Å². The van der Waals surface area contributed by atoms with Crippen LogP contribution in [0, 0.1) is 11.8 Å². The highest BCUT2D eigenvalue weighted by molar-refractivity contribution is 7.98. The highest BCUT2D eigenvalue weighted by atomic mass is 32.2. The highest BCUT2D eigenvalue weighted by Gasteiger charge is 2.33. The topological polar surface area (TPSA) is 72.2 Å². The highest BCUT2D eigenvalue weighted by Crippen LogP contribution is 2.25. The van der Waals surface area contributed by atoms with Crippen LogP contribution in [-0.4, -0.2) is 29.9 Å². The molecule has 0 bridgehead atoms. The average Bonchev–Trinajstić information content (AvgIpc) is 2.66. The minimum absolute atomic E-state index is 0.0101. The van der Waals surface area contributed by atoms with E-state index >= 15 is 0 Å². The Morgan fingerprint density at radius 2 is 2.19 bits per heavy atom. The monoisotopic (exact) mass is 244 g/mol. The van der Waals surface area contributed by atoms with Gasteiger partial charge in [0.25, 0.3) is 0 Å². The predicted octanol–water partition coefficient (Wildman–Crippen LogP) is 0.756. The van der Waals surface area contributed by atoms with E-state index in [1.807, 2.05) is 13.2 Å². The molecule has 1 rings (SSSR count). The van der Waals surface area contributed by atoms with Crippen molar-refractivity contribution in [3.8, 4) is 0 Å². The summed E-state index contributed by atoms with van der Waals surface area (Å²) < 4.78 is 0. The van der Waals surface area contributed by atoms with E-state index in [1.165, 1.54) is 0 Å². The zero-order chi connectivity index (χ0) is 12.1. The van der Waals surface area contributed by atoms with E-state index in [0.717, 1.165) is 25.0 Å². The van der Waals surface area contributed by atoms with Gasteiger partial charge < -0.3 is 11.1 Å². The fourth-order valence-electron chi connectivity index (χ4n) is 2.12. The third-order valence-corrected chi connectivity index (χ3v) is 3.91. The number of hydrogen-bond donors (Lipinski definition) is 2. The van der Waals surface area contributed by atoms with Crippen molar-refractivity contribution in [2.45, 2.75) is 32.2 Å². The molecule has 1 fully saturated rings. The lowest BCUT2D eigenvalue weighted by molar-refractivity contribution is -0.126. The molecule has 3 N–H and O–H groups in total. The van der Waals surface area contributed by atoms with Gasteiger partial charge in [-0.15, -0.1) is 0 Å². The minimum Gasteiger partial charge on any atom is -0.369 e. The molecule has 0 aromatic heterocycles. The molecule has 5 heteroatoms. The van der Waals surface area contributed by atoms with E-state index in [2.05, 4.69) is 5.32 Å². The van der Waals surface area contributed by atoms with Crippen molar-refractivity contribution in [3.63, 3.8) is 0 Å². The second kappa shape index (κ2) is 6.13. The van der Waals surface area contributed by atoms with Crippen molar-refractivity contribution in [2.24, 2.45) is 17.6 Å². The van der Waals surface area contributed by atoms with E-state index in [1.54, 1.807) is 11.8 Å². The van der Waals surface area contributed by atoms with Crippen molar-refractivity contribution in [1.82, 2.24) is 5.32 Å². The van der Waals surface area contributed by atoms with E-state index < -0.39 is 0 Å². The molecule has 1 saturated carbocycles. The first-order valence-electron chi connectivity index (χ1n) is 5.65. The van der Waals surface area contributed by atoms with Crippen LogP contribution >= 0.6 is 11.8 Å². The van der Waals surface area contributed by atoms with Crippen molar-refractivity contribution >= 4 is 23.6 Å². The number of nitrogens with one attached hydrogen (secondary N) is 1. The first-order chi connectivity index (χ1) is 7.56. The van der Waals surface area contributed by atoms with Crippen LogP contribution in [0.5, 0.6) is 0 Å². The SMILES string of the molecule is CSC[C@H](C)C(=O)N[C@H]1CCC[C@@H]1C(N)=O. The van der Waals surface area contributed by atoms with E-state index in [4.69, 9.17) is 5.73 Å². The third kappa shape index (κ3) is 3.40. The number of nitrogens with two attached hydrogens (primary N) is 1. The van der Waals surface area contributed by atoms with Gasteiger partial charge in [0.05, 0.1) is 5.92 Å². The van der Waals surface area contributed by atoms with Gasteiger partial charge >= 0.3 is 0 Å². The minimum atomic E-state index is -0.291. The smallest absolute Gasteiger partial charge is 0.223 e. The van der Waals surface area contributed by atoms with Crippen LogP contribution in [0.15, 0.2) is 0 Å². The summed E-state index contributed by atoms with van der Waals surface area (Å²) in [5.41, 5.74) is 5.30.